The first kappa shape index (κ1) is 24.6. The van der Waals surface area contributed by atoms with Crippen LogP contribution < -0.4 is 4.74 Å². The van der Waals surface area contributed by atoms with Crippen LogP contribution in [0.3, 0.4) is 0 Å². The van der Waals surface area contributed by atoms with E-state index in [1.807, 2.05) is 27.7 Å². The van der Waals surface area contributed by atoms with Gasteiger partial charge in [0.1, 0.15) is 0 Å². The largest absolute Gasteiger partial charge is 0.423 e. The summed E-state index contributed by atoms with van der Waals surface area (Å²) in [5, 5.41) is 0.309. The Labute approximate surface area is 184 Å². The van der Waals surface area contributed by atoms with Crippen molar-refractivity contribution in [3.63, 3.8) is 0 Å². The smallest absolute Gasteiger partial charge is 0.353 e. The molecule has 1 aromatic carbocycles. The van der Waals surface area contributed by atoms with Crippen LogP contribution >= 0.6 is 11.6 Å². The molecular weight excluding hydrogens is 408 g/mol. The lowest BCUT2D eigenvalue weighted by molar-refractivity contribution is -0.339. The van der Waals surface area contributed by atoms with E-state index in [2.05, 4.69) is 11.8 Å². The molecule has 1 aliphatic rings. The van der Waals surface area contributed by atoms with E-state index in [0.29, 0.717) is 49.9 Å². The lowest BCUT2D eigenvalue weighted by atomic mass is 9.94. The van der Waals surface area contributed by atoms with Gasteiger partial charge in [-0.15, -0.1) is 0 Å². The van der Waals surface area contributed by atoms with Crippen molar-refractivity contribution in [2.45, 2.75) is 59.0 Å². The van der Waals surface area contributed by atoms with Gasteiger partial charge >= 0.3 is 11.9 Å². The minimum atomic E-state index is -1.49. The van der Waals surface area contributed by atoms with Crippen molar-refractivity contribution in [3.8, 4) is 17.6 Å². The molecule has 1 heterocycles. The minimum Gasteiger partial charge on any atom is -0.423 e. The number of rotatable bonds is 9. The second kappa shape index (κ2) is 12.3. The number of hydrogen-bond acceptors (Lipinski definition) is 6. The quantitative estimate of drug-likeness (QED) is 0.243. The van der Waals surface area contributed by atoms with Gasteiger partial charge in [0.05, 0.1) is 42.4 Å². The maximum absolute atomic E-state index is 12.8. The Bertz CT molecular complexity index is 737. The topological polar surface area (TPSA) is 63.2 Å². The van der Waals surface area contributed by atoms with Crippen molar-refractivity contribution in [1.82, 2.24) is 0 Å². The van der Waals surface area contributed by atoms with Crippen LogP contribution in [-0.4, -0.2) is 44.5 Å². The van der Waals surface area contributed by atoms with E-state index in [1.165, 1.54) is 0 Å². The average Bonchev–Trinajstić information content (AvgIpc) is 2.74. The summed E-state index contributed by atoms with van der Waals surface area (Å²) < 4.78 is 28.2. The number of para-hydroxylation sites is 1. The zero-order valence-corrected chi connectivity index (χ0v) is 18.9. The Balaban J connectivity index is 2.28. The summed E-state index contributed by atoms with van der Waals surface area (Å²) in [5.41, 5.74) is 0.457. The summed E-state index contributed by atoms with van der Waals surface area (Å²) in [5.74, 6) is 4.06. The fraction of sp³-hybridized carbons (Fsp3) is 0.609. The first-order chi connectivity index (χ1) is 14.5. The Morgan fingerprint density at radius 3 is 2.43 bits per heavy atom. The van der Waals surface area contributed by atoms with Gasteiger partial charge in [0, 0.05) is 6.61 Å². The van der Waals surface area contributed by atoms with Crippen molar-refractivity contribution in [1.29, 1.82) is 0 Å². The van der Waals surface area contributed by atoms with Crippen LogP contribution in [0, 0.1) is 17.8 Å². The van der Waals surface area contributed by atoms with Crippen molar-refractivity contribution < 1.29 is 28.5 Å². The molecule has 166 valence electrons. The maximum Gasteiger partial charge on any atom is 0.353 e. The van der Waals surface area contributed by atoms with Crippen LogP contribution in [0.15, 0.2) is 18.2 Å². The van der Waals surface area contributed by atoms with E-state index in [9.17, 15) is 4.79 Å². The summed E-state index contributed by atoms with van der Waals surface area (Å²) in [6.45, 7) is 9.15. The van der Waals surface area contributed by atoms with Crippen LogP contribution in [0.1, 0.15) is 52.5 Å². The van der Waals surface area contributed by atoms with Gasteiger partial charge in [-0.1, -0.05) is 30.5 Å². The highest BCUT2D eigenvalue weighted by molar-refractivity contribution is 6.32. The van der Waals surface area contributed by atoms with E-state index in [-0.39, 0.29) is 23.7 Å². The van der Waals surface area contributed by atoms with Crippen molar-refractivity contribution in [2.24, 2.45) is 5.92 Å². The summed E-state index contributed by atoms with van der Waals surface area (Å²) in [6, 6.07) is 5.14. The first-order valence-electron chi connectivity index (χ1n) is 10.5. The summed E-state index contributed by atoms with van der Waals surface area (Å²) >= 11 is 6.34. The lowest BCUT2D eigenvalue weighted by Crippen LogP contribution is -2.38. The average molecular weight is 439 g/mol. The second-order valence-corrected chi connectivity index (χ2v) is 7.17. The molecule has 0 aromatic heterocycles. The van der Waals surface area contributed by atoms with Crippen molar-refractivity contribution in [2.75, 3.05) is 26.4 Å². The monoisotopic (exact) mass is 438 g/mol. The number of carbonyl (C=O) groups excluding carboxylic acids is 1. The molecule has 6 nitrogen and oxygen atoms in total. The van der Waals surface area contributed by atoms with E-state index >= 15 is 0 Å². The molecule has 2 rings (SSSR count). The van der Waals surface area contributed by atoms with Crippen LogP contribution in [0.25, 0.3) is 0 Å². The number of halogens is 1. The molecule has 0 N–H and O–H groups in total. The molecule has 1 fully saturated rings. The first-order valence-corrected chi connectivity index (χ1v) is 10.9. The molecule has 1 aromatic rings. The van der Waals surface area contributed by atoms with Crippen LogP contribution in [0.5, 0.6) is 5.75 Å². The molecule has 2 unspecified atom stereocenters. The second-order valence-electron chi connectivity index (χ2n) is 6.77. The molecule has 1 saturated heterocycles. The number of hydrogen-bond donors (Lipinski definition) is 0. The summed E-state index contributed by atoms with van der Waals surface area (Å²) in [7, 11) is 0. The summed E-state index contributed by atoms with van der Waals surface area (Å²) in [4.78, 5) is 12.8. The van der Waals surface area contributed by atoms with E-state index in [0.717, 1.165) is 6.42 Å². The predicted octanol–water partition coefficient (Wildman–Crippen LogP) is 4.57. The molecule has 0 amide bonds. The number of benzene rings is 1. The maximum atomic E-state index is 12.8. The van der Waals surface area contributed by atoms with Gasteiger partial charge in [-0.3, -0.25) is 4.79 Å². The zero-order chi connectivity index (χ0) is 22.0. The Kier molecular flexibility index (Phi) is 10.1. The molecule has 7 heteroatoms. The normalized spacial score (nSPS) is 19.1. The highest BCUT2D eigenvalue weighted by Gasteiger charge is 2.31. The number of esters is 1. The number of ether oxygens (including phenoxy) is 5. The third-order valence-electron chi connectivity index (χ3n) is 4.68. The molecule has 30 heavy (non-hydrogen) atoms. The van der Waals surface area contributed by atoms with Gasteiger partial charge in [0.15, 0.2) is 5.75 Å². The van der Waals surface area contributed by atoms with Crippen LogP contribution in [0.4, 0.5) is 0 Å². The van der Waals surface area contributed by atoms with E-state index in [1.54, 1.807) is 18.2 Å². The Morgan fingerprint density at radius 1 is 1.17 bits per heavy atom. The standard InChI is InChI=1S/C23H31ClO6/c1-5-19-16-18(13-15-26-19)22(25)30-21-17(10-9-11-20(21)24)12-14-23(27-6-2,28-7-3)29-8-4/h9-11,18-19H,5-8,13,15-16H2,1-4H3. The van der Waals surface area contributed by atoms with Gasteiger partial charge in [-0.25, -0.2) is 0 Å². The molecular formula is C23H31ClO6. The Morgan fingerprint density at radius 2 is 1.83 bits per heavy atom. The van der Waals surface area contributed by atoms with E-state index in [4.69, 9.17) is 35.3 Å². The fourth-order valence-electron chi connectivity index (χ4n) is 3.22. The number of carbonyl (C=O) groups is 1. The molecule has 1 aliphatic heterocycles. The van der Waals surface area contributed by atoms with Gasteiger partial charge < -0.3 is 23.7 Å². The van der Waals surface area contributed by atoms with Crippen molar-refractivity contribution >= 4 is 17.6 Å². The van der Waals surface area contributed by atoms with Crippen LogP contribution in [-0.2, 0) is 23.7 Å². The highest BCUT2D eigenvalue weighted by atomic mass is 35.5. The molecule has 0 bridgehead atoms. The fourth-order valence-corrected chi connectivity index (χ4v) is 3.43. The Hall–Kier alpha value is -1.62. The zero-order valence-electron chi connectivity index (χ0n) is 18.2. The van der Waals surface area contributed by atoms with Crippen molar-refractivity contribution in [3.05, 3.63) is 28.8 Å². The summed E-state index contributed by atoms with van der Waals surface area (Å²) in [6.07, 6.45) is 2.21. The lowest BCUT2D eigenvalue weighted by Gasteiger charge is -2.27. The van der Waals surface area contributed by atoms with E-state index < -0.39 is 5.97 Å². The third-order valence-corrected chi connectivity index (χ3v) is 4.98. The SMILES string of the molecule is CCOC(C#Cc1cccc(Cl)c1OC(=O)C1CCOC(CC)C1)(OCC)OCC. The molecule has 2 atom stereocenters. The molecule has 0 radical (unpaired) electrons. The third kappa shape index (κ3) is 6.69. The molecule has 0 aliphatic carbocycles. The van der Waals surface area contributed by atoms with Gasteiger partial charge in [-0.2, -0.15) is 0 Å². The molecule has 0 saturated carbocycles. The minimum absolute atomic E-state index is 0.0750. The predicted molar refractivity (Wildman–Crippen MR) is 114 cm³/mol. The van der Waals surface area contributed by atoms with Gasteiger partial charge in [0.25, 0.3) is 0 Å². The van der Waals surface area contributed by atoms with Crippen LogP contribution in [0.2, 0.25) is 5.02 Å². The molecule has 0 spiro atoms. The van der Waals surface area contributed by atoms with Gasteiger partial charge in [0.2, 0.25) is 0 Å². The highest BCUT2D eigenvalue weighted by Crippen LogP contribution is 2.31. The van der Waals surface area contributed by atoms with Gasteiger partial charge in [-0.05, 0) is 58.1 Å².